The third kappa shape index (κ3) is 3.63. The van der Waals surface area contributed by atoms with Crippen LogP contribution < -0.4 is 10.1 Å². The van der Waals surface area contributed by atoms with Gasteiger partial charge in [0.05, 0.1) is 17.3 Å². The van der Waals surface area contributed by atoms with Crippen molar-refractivity contribution < 1.29 is 9.53 Å². The minimum atomic E-state index is -0.268. The molecule has 0 aliphatic carbocycles. The third-order valence-electron chi connectivity index (χ3n) is 3.29. The van der Waals surface area contributed by atoms with Crippen LogP contribution in [0, 0.1) is 6.92 Å². The van der Waals surface area contributed by atoms with Gasteiger partial charge < -0.3 is 4.74 Å². The zero-order valence-electron chi connectivity index (χ0n) is 13.0. The Morgan fingerprint density at radius 2 is 2.08 bits per heavy atom. The number of carbonyl (C=O) groups is 1. The van der Waals surface area contributed by atoms with Gasteiger partial charge in [0.25, 0.3) is 5.91 Å². The lowest BCUT2D eigenvalue weighted by molar-refractivity contribution is 0.102. The summed E-state index contributed by atoms with van der Waals surface area (Å²) < 4.78 is 6.08. The highest BCUT2D eigenvalue weighted by molar-refractivity contribution is 9.10. The van der Waals surface area contributed by atoms with Crippen LogP contribution in [0.4, 0.5) is 5.13 Å². The average molecular weight is 404 g/mol. The van der Waals surface area contributed by atoms with E-state index in [0.717, 1.165) is 27.2 Å². The molecule has 2 aromatic heterocycles. The molecule has 0 unspecified atom stereocenters. The molecule has 122 valence electrons. The molecule has 0 aliphatic heterocycles. The Morgan fingerprint density at radius 3 is 2.79 bits per heavy atom. The fourth-order valence-electron chi connectivity index (χ4n) is 2.12. The van der Waals surface area contributed by atoms with Gasteiger partial charge in [-0.2, -0.15) is 0 Å². The molecule has 0 spiro atoms. The van der Waals surface area contributed by atoms with Gasteiger partial charge in [-0.3, -0.25) is 10.1 Å². The molecule has 3 rings (SSSR count). The topological polar surface area (TPSA) is 64.1 Å². The van der Waals surface area contributed by atoms with E-state index < -0.39 is 0 Å². The number of benzene rings is 1. The number of amides is 1. The molecule has 0 fully saturated rings. The summed E-state index contributed by atoms with van der Waals surface area (Å²) in [4.78, 5) is 20.9. The van der Waals surface area contributed by atoms with Crippen molar-refractivity contribution in [2.45, 2.75) is 6.92 Å². The quantitative estimate of drug-likeness (QED) is 0.694. The summed E-state index contributed by atoms with van der Waals surface area (Å²) in [6.07, 6.45) is 0. The standard InChI is InChI=1S/C17H14BrN3O2S/c1-10-4-3-5-13(19-10)16(22)21-17-20-14(9-24-17)11-6-7-15(23-2)12(18)8-11/h3-9H,1-2H3,(H,20,21,22). The third-order valence-corrected chi connectivity index (χ3v) is 4.67. The number of anilines is 1. The molecular weight excluding hydrogens is 390 g/mol. The first kappa shape index (κ1) is 16.6. The molecule has 2 heterocycles. The van der Waals surface area contributed by atoms with Crippen molar-refractivity contribution in [3.05, 3.63) is 57.6 Å². The zero-order valence-corrected chi connectivity index (χ0v) is 15.4. The Balaban J connectivity index is 1.78. The van der Waals surface area contributed by atoms with Crippen molar-refractivity contribution in [2.24, 2.45) is 0 Å². The first-order valence-electron chi connectivity index (χ1n) is 7.11. The lowest BCUT2D eigenvalue weighted by Crippen LogP contribution is -2.13. The van der Waals surface area contributed by atoms with Crippen LogP contribution in [-0.4, -0.2) is 23.0 Å². The van der Waals surface area contributed by atoms with E-state index in [2.05, 4.69) is 31.2 Å². The molecule has 0 saturated carbocycles. The van der Waals surface area contributed by atoms with E-state index in [1.165, 1.54) is 11.3 Å². The van der Waals surface area contributed by atoms with E-state index in [9.17, 15) is 4.79 Å². The minimum absolute atomic E-state index is 0.268. The monoisotopic (exact) mass is 403 g/mol. The van der Waals surface area contributed by atoms with Crippen LogP contribution in [0.15, 0.2) is 46.3 Å². The molecule has 0 saturated heterocycles. The van der Waals surface area contributed by atoms with E-state index in [-0.39, 0.29) is 5.91 Å². The van der Waals surface area contributed by atoms with Gasteiger partial charge in [-0.1, -0.05) is 6.07 Å². The molecule has 24 heavy (non-hydrogen) atoms. The second-order valence-electron chi connectivity index (χ2n) is 5.01. The Hall–Kier alpha value is -2.25. The first-order chi connectivity index (χ1) is 11.6. The SMILES string of the molecule is COc1ccc(-c2csc(NC(=O)c3cccc(C)n3)n2)cc1Br. The molecule has 7 heteroatoms. The van der Waals surface area contributed by atoms with Crippen LogP contribution in [0.5, 0.6) is 5.75 Å². The second kappa shape index (κ2) is 7.11. The molecular formula is C17H14BrN3O2S. The summed E-state index contributed by atoms with van der Waals surface area (Å²) in [5.41, 5.74) is 2.90. The summed E-state index contributed by atoms with van der Waals surface area (Å²) in [5, 5.41) is 5.21. The number of carbonyl (C=O) groups excluding carboxylic acids is 1. The molecule has 1 amide bonds. The Labute approximate surface area is 151 Å². The van der Waals surface area contributed by atoms with Gasteiger partial charge in [-0.05, 0) is 53.2 Å². The number of halogens is 1. The van der Waals surface area contributed by atoms with E-state index in [4.69, 9.17) is 4.74 Å². The highest BCUT2D eigenvalue weighted by atomic mass is 79.9. The van der Waals surface area contributed by atoms with E-state index in [1.807, 2.05) is 36.6 Å². The van der Waals surface area contributed by atoms with Crippen molar-refractivity contribution >= 4 is 38.3 Å². The normalized spacial score (nSPS) is 10.5. The fraction of sp³-hybridized carbons (Fsp3) is 0.118. The number of aromatic nitrogens is 2. The number of methoxy groups -OCH3 is 1. The van der Waals surface area contributed by atoms with Crippen molar-refractivity contribution in [3.63, 3.8) is 0 Å². The fourth-order valence-corrected chi connectivity index (χ4v) is 3.38. The van der Waals surface area contributed by atoms with Gasteiger partial charge in [-0.25, -0.2) is 9.97 Å². The molecule has 1 aromatic carbocycles. The van der Waals surface area contributed by atoms with E-state index in [0.29, 0.717) is 10.8 Å². The van der Waals surface area contributed by atoms with Crippen LogP contribution in [0.25, 0.3) is 11.3 Å². The van der Waals surface area contributed by atoms with Crippen molar-refractivity contribution in [1.29, 1.82) is 0 Å². The van der Waals surface area contributed by atoms with Crippen LogP contribution >= 0.6 is 27.3 Å². The number of hydrogen-bond acceptors (Lipinski definition) is 5. The first-order valence-corrected chi connectivity index (χ1v) is 8.78. The lowest BCUT2D eigenvalue weighted by Gasteiger charge is -2.04. The number of hydrogen-bond donors (Lipinski definition) is 1. The number of nitrogens with zero attached hydrogens (tertiary/aromatic N) is 2. The number of thiazole rings is 1. The molecule has 3 aromatic rings. The van der Waals surface area contributed by atoms with Crippen LogP contribution in [0.1, 0.15) is 16.2 Å². The highest BCUT2D eigenvalue weighted by Crippen LogP contribution is 2.32. The summed E-state index contributed by atoms with van der Waals surface area (Å²) in [5.74, 6) is 0.489. The highest BCUT2D eigenvalue weighted by Gasteiger charge is 2.12. The van der Waals surface area contributed by atoms with E-state index in [1.54, 1.807) is 19.2 Å². The molecule has 0 aliphatic rings. The van der Waals surface area contributed by atoms with Gasteiger partial charge >= 0.3 is 0 Å². The van der Waals surface area contributed by atoms with Crippen molar-refractivity contribution in [3.8, 4) is 17.0 Å². The summed E-state index contributed by atoms with van der Waals surface area (Å²) in [6.45, 7) is 1.85. The predicted molar refractivity (Wildman–Crippen MR) is 98.7 cm³/mol. The largest absolute Gasteiger partial charge is 0.496 e. The average Bonchev–Trinajstić information content (AvgIpc) is 3.03. The van der Waals surface area contributed by atoms with Crippen molar-refractivity contribution in [1.82, 2.24) is 9.97 Å². The Kier molecular flexibility index (Phi) is 4.92. The molecule has 1 N–H and O–H groups in total. The summed E-state index contributed by atoms with van der Waals surface area (Å²) in [7, 11) is 1.62. The number of rotatable bonds is 4. The van der Waals surface area contributed by atoms with E-state index >= 15 is 0 Å². The van der Waals surface area contributed by atoms with Crippen LogP contribution in [0.2, 0.25) is 0 Å². The molecule has 0 atom stereocenters. The van der Waals surface area contributed by atoms with Crippen molar-refractivity contribution in [2.75, 3.05) is 12.4 Å². The molecule has 0 bridgehead atoms. The minimum Gasteiger partial charge on any atom is -0.496 e. The van der Waals surface area contributed by atoms with Crippen LogP contribution in [0.3, 0.4) is 0 Å². The zero-order chi connectivity index (χ0) is 17.1. The smallest absolute Gasteiger partial charge is 0.276 e. The van der Waals surface area contributed by atoms with Gasteiger partial charge in [0, 0.05) is 16.6 Å². The van der Waals surface area contributed by atoms with Gasteiger partial charge in [0.15, 0.2) is 5.13 Å². The summed E-state index contributed by atoms with van der Waals surface area (Å²) in [6, 6.07) is 11.1. The summed E-state index contributed by atoms with van der Waals surface area (Å²) >= 11 is 4.83. The van der Waals surface area contributed by atoms with Crippen LogP contribution in [-0.2, 0) is 0 Å². The molecule has 5 nitrogen and oxygen atoms in total. The maximum Gasteiger partial charge on any atom is 0.276 e. The van der Waals surface area contributed by atoms with Gasteiger partial charge in [0.1, 0.15) is 11.4 Å². The lowest BCUT2D eigenvalue weighted by atomic mass is 10.2. The van der Waals surface area contributed by atoms with Gasteiger partial charge in [-0.15, -0.1) is 11.3 Å². The second-order valence-corrected chi connectivity index (χ2v) is 6.72. The molecule has 0 radical (unpaired) electrons. The number of aryl methyl sites for hydroxylation is 1. The Morgan fingerprint density at radius 1 is 1.25 bits per heavy atom. The number of nitrogens with one attached hydrogen (secondary N) is 1. The van der Waals surface area contributed by atoms with Gasteiger partial charge in [0.2, 0.25) is 0 Å². The Bertz CT molecular complexity index is 895. The maximum absolute atomic E-state index is 12.2. The maximum atomic E-state index is 12.2. The number of ether oxygens (including phenoxy) is 1. The number of pyridine rings is 1. The predicted octanol–water partition coefficient (Wildman–Crippen LogP) is 4.54.